The molecular formula is C20H19NO2. The fourth-order valence-electron chi connectivity index (χ4n) is 2.14. The van der Waals surface area contributed by atoms with Gasteiger partial charge in [0.15, 0.2) is 0 Å². The van der Waals surface area contributed by atoms with Crippen LogP contribution in [0.5, 0.6) is 11.6 Å². The average molecular weight is 305 g/mol. The lowest BCUT2D eigenvalue weighted by Crippen LogP contribution is -1.99. The smallest absolute Gasteiger partial charge is 0.217 e. The van der Waals surface area contributed by atoms with Gasteiger partial charge in [-0.2, -0.15) is 0 Å². The molecule has 0 unspecified atom stereocenters. The summed E-state index contributed by atoms with van der Waals surface area (Å²) in [4.78, 5) is 4.22. The Hall–Kier alpha value is -2.81. The zero-order valence-electron chi connectivity index (χ0n) is 13.1. The van der Waals surface area contributed by atoms with Crippen LogP contribution in [0.2, 0.25) is 0 Å². The van der Waals surface area contributed by atoms with Gasteiger partial charge in [-0.25, -0.2) is 4.98 Å². The summed E-state index contributed by atoms with van der Waals surface area (Å²) in [7, 11) is 0. The summed E-state index contributed by atoms with van der Waals surface area (Å²) in [6.07, 6.45) is 1.70. The SMILES string of the molecule is Cc1ccc(COc2cc(OCc3ccccc3)ccn2)cc1. The first-order chi connectivity index (χ1) is 11.3. The fourth-order valence-corrected chi connectivity index (χ4v) is 2.14. The van der Waals surface area contributed by atoms with Crippen molar-refractivity contribution in [2.24, 2.45) is 0 Å². The van der Waals surface area contributed by atoms with Crippen LogP contribution in [0.25, 0.3) is 0 Å². The number of rotatable bonds is 6. The number of ether oxygens (including phenoxy) is 2. The third-order valence-electron chi connectivity index (χ3n) is 3.46. The molecule has 0 amide bonds. The first kappa shape index (κ1) is 15.1. The molecule has 0 saturated heterocycles. The number of benzene rings is 2. The molecule has 0 saturated carbocycles. The van der Waals surface area contributed by atoms with Crippen molar-refractivity contribution in [1.82, 2.24) is 4.98 Å². The van der Waals surface area contributed by atoms with Crippen LogP contribution in [0.3, 0.4) is 0 Å². The third-order valence-corrected chi connectivity index (χ3v) is 3.46. The molecule has 1 heterocycles. The minimum atomic E-state index is 0.495. The van der Waals surface area contributed by atoms with Crippen LogP contribution < -0.4 is 9.47 Å². The van der Waals surface area contributed by atoms with Crippen LogP contribution in [0.15, 0.2) is 72.9 Å². The molecule has 3 rings (SSSR count). The summed E-state index contributed by atoms with van der Waals surface area (Å²) in [5.41, 5.74) is 3.49. The molecule has 3 heteroatoms. The van der Waals surface area contributed by atoms with E-state index in [2.05, 4.69) is 36.2 Å². The maximum absolute atomic E-state index is 5.78. The van der Waals surface area contributed by atoms with Gasteiger partial charge in [-0.05, 0) is 24.1 Å². The zero-order valence-corrected chi connectivity index (χ0v) is 13.1. The van der Waals surface area contributed by atoms with Gasteiger partial charge in [-0.3, -0.25) is 0 Å². The van der Waals surface area contributed by atoms with E-state index >= 15 is 0 Å². The number of nitrogens with zero attached hydrogens (tertiary/aromatic N) is 1. The quantitative estimate of drug-likeness (QED) is 0.669. The van der Waals surface area contributed by atoms with Crippen LogP contribution in [0.1, 0.15) is 16.7 Å². The molecule has 3 nitrogen and oxygen atoms in total. The van der Waals surface area contributed by atoms with Crippen molar-refractivity contribution < 1.29 is 9.47 Å². The Kier molecular flexibility index (Phi) is 4.89. The van der Waals surface area contributed by atoms with Gasteiger partial charge < -0.3 is 9.47 Å². The summed E-state index contributed by atoms with van der Waals surface area (Å²) in [6, 6.07) is 22.0. The third kappa shape index (κ3) is 4.58. The average Bonchev–Trinajstić information content (AvgIpc) is 2.61. The number of pyridine rings is 1. The Labute approximate surface area is 136 Å². The highest BCUT2D eigenvalue weighted by Crippen LogP contribution is 2.19. The van der Waals surface area contributed by atoms with Crippen LogP contribution in [-0.2, 0) is 13.2 Å². The van der Waals surface area contributed by atoms with Gasteiger partial charge in [0.25, 0.3) is 0 Å². The molecule has 0 aliphatic heterocycles. The van der Waals surface area contributed by atoms with Crippen LogP contribution in [-0.4, -0.2) is 4.98 Å². The van der Waals surface area contributed by atoms with Gasteiger partial charge in [0, 0.05) is 12.3 Å². The standard InChI is InChI=1S/C20H19NO2/c1-16-7-9-18(10-8-16)15-23-20-13-19(11-12-21-20)22-14-17-5-3-2-4-6-17/h2-13H,14-15H2,1H3. The van der Waals surface area contributed by atoms with Gasteiger partial charge in [0.2, 0.25) is 5.88 Å². The summed E-state index contributed by atoms with van der Waals surface area (Å²) in [6.45, 7) is 3.09. The summed E-state index contributed by atoms with van der Waals surface area (Å²) in [5, 5.41) is 0. The van der Waals surface area contributed by atoms with Gasteiger partial charge in [-0.1, -0.05) is 60.2 Å². The fraction of sp³-hybridized carbons (Fsp3) is 0.150. The second-order valence-corrected chi connectivity index (χ2v) is 5.38. The van der Waals surface area contributed by atoms with Gasteiger partial charge in [0.1, 0.15) is 19.0 Å². The molecule has 0 fully saturated rings. The molecule has 0 N–H and O–H groups in total. The van der Waals surface area contributed by atoms with Crippen molar-refractivity contribution in [3.63, 3.8) is 0 Å². The van der Waals surface area contributed by atoms with Crippen molar-refractivity contribution in [3.8, 4) is 11.6 Å². The highest BCUT2D eigenvalue weighted by atomic mass is 16.5. The molecular weight excluding hydrogens is 286 g/mol. The molecule has 116 valence electrons. The Morgan fingerprint density at radius 1 is 0.783 bits per heavy atom. The maximum Gasteiger partial charge on any atom is 0.217 e. The van der Waals surface area contributed by atoms with Crippen molar-refractivity contribution in [2.75, 3.05) is 0 Å². The topological polar surface area (TPSA) is 31.4 Å². The predicted molar refractivity (Wildman–Crippen MR) is 90.5 cm³/mol. The predicted octanol–water partition coefficient (Wildman–Crippen LogP) is 4.55. The van der Waals surface area contributed by atoms with E-state index in [0.717, 1.165) is 16.9 Å². The second kappa shape index (κ2) is 7.45. The number of hydrogen-bond acceptors (Lipinski definition) is 3. The highest BCUT2D eigenvalue weighted by molar-refractivity contribution is 5.27. The first-order valence-corrected chi connectivity index (χ1v) is 7.61. The zero-order chi connectivity index (χ0) is 15.9. The molecule has 0 radical (unpaired) electrons. The van der Waals surface area contributed by atoms with Gasteiger partial charge in [-0.15, -0.1) is 0 Å². The highest BCUT2D eigenvalue weighted by Gasteiger charge is 2.01. The molecule has 0 aliphatic carbocycles. The van der Waals surface area contributed by atoms with Crippen molar-refractivity contribution in [3.05, 3.63) is 89.6 Å². The van der Waals surface area contributed by atoms with E-state index < -0.39 is 0 Å². The van der Waals surface area contributed by atoms with E-state index in [0.29, 0.717) is 19.1 Å². The lowest BCUT2D eigenvalue weighted by atomic mass is 10.2. The number of hydrogen-bond donors (Lipinski definition) is 0. The second-order valence-electron chi connectivity index (χ2n) is 5.38. The molecule has 3 aromatic rings. The van der Waals surface area contributed by atoms with Gasteiger partial charge in [0.05, 0.1) is 0 Å². The van der Waals surface area contributed by atoms with Crippen LogP contribution in [0.4, 0.5) is 0 Å². The van der Waals surface area contributed by atoms with Crippen molar-refractivity contribution in [1.29, 1.82) is 0 Å². The maximum atomic E-state index is 5.78. The number of aromatic nitrogens is 1. The van der Waals surface area contributed by atoms with Crippen LogP contribution >= 0.6 is 0 Å². The van der Waals surface area contributed by atoms with E-state index in [1.54, 1.807) is 6.20 Å². The molecule has 0 atom stereocenters. The van der Waals surface area contributed by atoms with E-state index in [1.807, 2.05) is 42.5 Å². The molecule has 23 heavy (non-hydrogen) atoms. The molecule has 0 spiro atoms. The Balaban J connectivity index is 1.57. The molecule has 1 aromatic heterocycles. The lowest BCUT2D eigenvalue weighted by Gasteiger charge is -2.09. The summed E-state index contributed by atoms with van der Waals surface area (Å²) < 4.78 is 11.5. The lowest BCUT2D eigenvalue weighted by molar-refractivity contribution is 0.281. The van der Waals surface area contributed by atoms with Crippen LogP contribution in [0, 0.1) is 6.92 Å². The van der Waals surface area contributed by atoms with Crippen molar-refractivity contribution in [2.45, 2.75) is 20.1 Å². The Morgan fingerprint density at radius 3 is 2.26 bits per heavy atom. The van der Waals surface area contributed by atoms with E-state index in [9.17, 15) is 0 Å². The summed E-state index contributed by atoms with van der Waals surface area (Å²) >= 11 is 0. The van der Waals surface area contributed by atoms with Crippen molar-refractivity contribution >= 4 is 0 Å². The van der Waals surface area contributed by atoms with E-state index in [1.165, 1.54) is 5.56 Å². The molecule has 0 aliphatic rings. The normalized spacial score (nSPS) is 10.3. The summed E-state index contributed by atoms with van der Waals surface area (Å²) in [5.74, 6) is 1.32. The molecule has 0 bridgehead atoms. The monoisotopic (exact) mass is 305 g/mol. The minimum Gasteiger partial charge on any atom is -0.489 e. The van der Waals surface area contributed by atoms with E-state index in [4.69, 9.17) is 9.47 Å². The van der Waals surface area contributed by atoms with E-state index in [-0.39, 0.29) is 0 Å². The Bertz CT molecular complexity index is 739. The Morgan fingerprint density at radius 2 is 1.48 bits per heavy atom. The minimum absolute atomic E-state index is 0.495. The first-order valence-electron chi connectivity index (χ1n) is 7.61. The number of aryl methyl sites for hydroxylation is 1. The van der Waals surface area contributed by atoms with Gasteiger partial charge >= 0.3 is 0 Å². The largest absolute Gasteiger partial charge is 0.489 e. The molecule has 2 aromatic carbocycles.